The van der Waals surface area contributed by atoms with Crippen LogP contribution in [0, 0.1) is 0 Å². The van der Waals surface area contributed by atoms with Crippen LogP contribution in [-0.2, 0) is 4.79 Å². The number of primary amides is 1. The van der Waals surface area contributed by atoms with Crippen molar-refractivity contribution >= 4 is 23.6 Å². The number of carboxylic acid groups (broad SMARTS) is 1. The van der Waals surface area contributed by atoms with E-state index in [1.54, 1.807) is 12.1 Å². The summed E-state index contributed by atoms with van der Waals surface area (Å²) in [7, 11) is 0. The predicted molar refractivity (Wildman–Crippen MR) is 129 cm³/mol. The molecule has 0 spiro atoms. The van der Waals surface area contributed by atoms with Crippen LogP contribution in [0.4, 0.5) is 0 Å². The molecule has 0 radical (unpaired) electrons. The first-order valence-corrected chi connectivity index (χ1v) is 12.2. The quantitative estimate of drug-likeness (QED) is 0.212. The summed E-state index contributed by atoms with van der Waals surface area (Å²) in [6.07, 6.45) is 17.3. The lowest BCUT2D eigenvalue weighted by Gasteiger charge is -2.20. The fourth-order valence-corrected chi connectivity index (χ4v) is 4.29. The van der Waals surface area contributed by atoms with Gasteiger partial charge in [0.1, 0.15) is 0 Å². The minimum Gasteiger partial charge on any atom is -0.478 e. The lowest BCUT2D eigenvalue weighted by Crippen LogP contribution is -2.16. The summed E-state index contributed by atoms with van der Waals surface area (Å²) in [6, 6.07) is 6.32. The number of carbonyl (C=O) groups is 2. The number of amides is 1. The third-order valence-electron chi connectivity index (χ3n) is 4.97. The minimum atomic E-state index is -1.03. The van der Waals surface area contributed by atoms with Gasteiger partial charge in [-0.2, -0.15) is 11.8 Å². The number of thioether (sulfide) groups is 1. The number of carbonyl (C=O) groups excluding carboxylic acids is 1. The van der Waals surface area contributed by atoms with Crippen LogP contribution in [-0.4, -0.2) is 33.1 Å². The van der Waals surface area contributed by atoms with Crippen molar-refractivity contribution in [3.05, 3.63) is 59.7 Å². The highest BCUT2D eigenvalue weighted by Gasteiger charge is 2.20. The highest BCUT2D eigenvalue weighted by Crippen LogP contribution is 2.29. The molecule has 0 saturated heterocycles. The molecule has 172 valence electrons. The maximum absolute atomic E-state index is 11.2. The Morgan fingerprint density at radius 1 is 1.10 bits per heavy atom. The molecule has 6 heteroatoms. The van der Waals surface area contributed by atoms with Gasteiger partial charge in [0.2, 0.25) is 5.91 Å². The zero-order valence-corrected chi connectivity index (χ0v) is 19.4. The molecule has 1 amide bonds. The summed E-state index contributed by atoms with van der Waals surface area (Å²) < 4.78 is 0. The number of carboxylic acids is 1. The molecule has 1 aromatic carbocycles. The molecule has 0 aliphatic heterocycles. The molecule has 0 aromatic heterocycles. The van der Waals surface area contributed by atoms with Gasteiger partial charge >= 0.3 is 5.97 Å². The number of allylic oxidation sites excluding steroid dienone is 3. The van der Waals surface area contributed by atoms with Gasteiger partial charge < -0.3 is 15.9 Å². The molecule has 0 fully saturated rings. The van der Waals surface area contributed by atoms with E-state index < -0.39 is 12.1 Å². The summed E-state index contributed by atoms with van der Waals surface area (Å²) in [4.78, 5) is 22.3. The minimum absolute atomic E-state index is 0.135. The van der Waals surface area contributed by atoms with Gasteiger partial charge in [0.05, 0.1) is 16.9 Å². The van der Waals surface area contributed by atoms with Gasteiger partial charge in [-0.15, -0.1) is 0 Å². The molecular formula is C25H37NO4S. The second-order valence-electron chi connectivity index (χ2n) is 7.65. The Morgan fingerprint density at radius 3 is 2.48 bits per heavy atom. The van der Waals surface area contributed by atoms with Gasteiger partial charge in [-0.1, -0.05) is 81.9 Å². The average Bonchev–Trinajstić information content (AvgIpc) is 2.75. The Bertz CT molecular complexity index is 717. The van der Waals surface area contributed by atoms with Crippen LogP contribution in [0.5, 0.6) is 0 Å². The van der Waals surface area contributed by atoms with Crippen LogP contribution in [0.3, 0.4) is 0 Å². The molecule has 4 N–H and O–H groups in total. The normalized spacial score (nSPS) is 13.6. The van der Waals surface area contributed by atoms with E-state index in [-0.39, 0.29) is 23.1 Å². The second kappa shape index (κ2) is 16.6. The molecule has 0 saturated carbocycles. The third-order valence-corrected chi connectivity index (χ3v) is 6.21. The molecule has 31 heavy (non-hydrogen) atoms. The van der Waals surface area contributed by atoms with E-state index in [1.165, 1.54) is 68.8 Å². The van der Waals surface area contributed by atoms with Crippen molar-refractivity contribution in [2.24, 2.45) is 5.73 Å². The maximum Gasteiger partial charge on any atom is 0.335 e. The molecule has 0 bridgehead atoms. The summed E-state index contributed by atoms with van der Waals surface area (Å²) in [5.74, 6) is -0.926. The molecule has 1 aromatic rings. The smallest absolute Gasteiger partial charge is 0.335 e. The van der Waals surface area contributed by atoms with Crippen molar-refractivity contribution in [1.29, 1.82) is 0 Å². The highest BCUT2D eigenvalue weighted by molar-refractivity contribution is 8.00. The average molecular weight is 448 g/mol. The molecule has 5 nitrogen and oxygen atoms in total. The number of aliphatic hydroxyl groups excluding tert-OH is 1. The van der Waals surface area contributed by atoms with Gasteiger partial charge in [0, 0.05) is 12.2 Å². The fourth-order valence-electron chi connectivity index (χ4n) is 3.16. The van der Waals surface area contributed by atoms with Crippen molar-refractivity contribution < 1.29 is 19.8 Å². The first-order valence-electron chi connectivity index (χ1n) is 11.2. The first kappa shape index (κ1) is 27.0. The molecule has 2 atom stereocenters. The third kappa shape index (κ3) is 12.4. The van der Waals surface area contributed by atoms with E-state index in [0.29, 0.717) is 11.3 Å². The van der Waals surface area contributed by atoms with Crippen molar-refractivity contribution in [3.8, 4) is 0 Å². The Balaban J connectivity index is 2.59. The summed E-state index contributed by atoms with van der Waals surface area (Å²) >= 11 is 1.43. The van der Waals surface area contributed by atoms with Gasteiger partial charge in [0.25, 0.3) is 0 Å². The lowest BCUT2D eigenvalue weighted by molar-refractivity contribution is -0.117. The second-order valence-corrected chi connectivity index (χ2v) is 8.94. The number of nitrogens with two attached hydrogens (primary N) is 1. The number of unbranched alkanes of at least 4 members (excludes halogenated alkanes) is 7. The monoisotopic (exact) mass is 447 g/mol. The van der Waals surface area contributed by atoms with Crippen LogP contribution in [0.25, 0.3) is 0 Å². The van der Waals surface area contributed by atoms with Gasteiger partial charge in [-0.05, 0) is 30.5 Å². The largest absolute Gasteiger partial charge is 0.478 e. The highest BCUT2D eigenvalue weighted by atomic mass is 32.2. The Labute approximate surface area is 190 Å². The summed E-state index contributed by atoms with van der Waals surface area (Å²) in [6.45, 7) is 2.23. The fraction of sp³-hybridized carbons (Fsp3) is 0.520. The van der Waals surface area contributed by atoms with E-state index in [9.17, 15) is 19.8 Å². The van der Waals surface area contributed by atoms with Gasteiger partial charge in [0.15, 0.2) is 0 Å². The summed E-state index contributed by atoms with van der Waals surface area (Å²) in [5, 5.41) is 19.7. The number of hydrogen-bond donors (Lipinski definition) is 3. The van der Waals surface area contributed by atoms with E-state index in [0.717, 1.165) is 6.42 Å². The molecule has 1 rings (SSSR count). The summed E-state index contributed by atoms with van der Waals surface area (Å²) in [5.41, 5.74) is 5.89. The molecule has 2 unspecified atom stereocenters. The molecular weight excluding hydrogens is 410 g/mol. The van der Waals surface area contributed by atoms with E-state index in [4.69, 9.17) is 5.73 Å². The standard InChI is InChI=1S/C25H37NO4S/c1-2-3-4-5-6-7-8-9-10-11-12-16-22(31-18-17-23(26)27)24(28)20-14-13-15-21(19-20)25(29)30/h10-16,19,22,24,28H,2-9,17-18H2,1H3,(H2,26,27)(H,29,30)/b11-10-,16-12+. The van der Waals surface area contributed by atoms with Crippen LogP contribution < -0.4 is 5.73 Å². The predicted octanol–water partition coefficient (Wildman–Crippen LogP) is 5.65. The van der Waals surface area contributed by atoms with Gasteiger partial charge in [-0.25, -0.2) is 4.79 Å². The van der Waals surface area contributed by atoms with Crippen LogP contribution >= 0.6 is 11.8 Å². The Kier molecular flexibility index (Phi) is 14.5. The van der Waals surface area contributed by atoms with Crippen molar-refractivity contribution in [1.82, 2.24) is 0 Å². The Morgan fingerprint density at radius 2 is 1.81 bits per heavy atom. The lowest BCUT2D eigenvalue weighted by atomic mass is 10.0. The van der Waals surface area contributed by atoms with Crippen molar-refractivity contribution in [3.63, 3.8) is 0 Å². The first-order chi connectivity index (χ1) is 15.0. The van der Waals surface area contributed by atoms with Crippen molar-refractivity contribution in [2.75, 3.05) is 5.75 Å². The zero-order valence-electron chi connectivity index (χ0n) is 18.5. The number of hydrogen-bond acceptors (Lipinski definition) is 4. The molecule has 0 aliphatic carbocycles. The number of rotatable bonds is 17. The van der Waals surface area contributed by atoms with E-state index >= 15 is 0 Å². The van der Waals surface area contributed by atoms with E-state index in [2.05, 4.69) is 13.0 Å². The number of aromatic carboxylic acids is 1. The Hall–Kier alpha value is -2.05. The SMILES string of the molecule is CCCCCCCCC/C=C\C=C\C(SCCC(N)=O)C(O)c1cccc(C(=O)O)c1. The van der Waals surface area contributed by atoms with Crippen molar-refractivity contribution in [2.45, 2.75) is 76.1 Å². The molecule has 0 heterocycles. The van der Waals surface area contributed by atoms with Crippen LogP contribution in [0.15, 0.2) is 48.6 Å². The maximum atomic E-state index is 11.2. The topological polar surface area (TPSA) is 101 Å². The van der Waals surface area contributed by atoms with E-state index in [1.807, 2.05) is 18.2 Å². The number of aliphatic hydroxyl groups is 1. The van der Waals surface area contributed by atoms with Gasteiger partial charge in [-0.3, -0.25) is 4.79 Å². The van der Waals surface area contributed by atoms with Crippen LogP contribution in [0.2, 0.25) is 0 Å². The zero-order chi connectivity index (χ0) is 22.9. The number of benzene rings is 1. The molecule has 0 aliphatic rings. The van der Waals surface area contributed by atoms with Crippen LogP contribution in [0.1, 0.15) is 86.7 Å².